The molecule has 2 heterocycles. The van der Waals surface area contributed by atoms with Gasteiger partial charge in [-0.15, -0.1) is 22.9 Å². The Morgan fingerprint density at radius 3 is 2.67 bits per heavy atom. The van der Waals surface area contributed by atoms with Crippen LogP contribution < -0.4 is 0 Å². The number of halogens is 3. The SMILES string of the molecule is Clc1cc(C(Cl)Cc2ccsc2)c(Cl)s1. The van der Waals surface area contributed by atoms with Gasteiger partial charge in [0.15, 0.2) is 0 Å². The molecular weight excluding hydrogens is 291 g/mol. The molecule has 1 unspecified atom stereocenters. The van der Waals surface area contributed by atoms with Crippen molar-refractivity contribution in [1.29, 1.82) is 0 Å². The lowest BCUT2D eigenvalue weighted by Gasteiger charge is -2.06. The van der Waals surface area contributed by atoms with Crippen LogP contribution in [0.1, 0.15) is 16.5 Å². The van der Waals surface area contributed by atoms with Gasteiger partial charge in [0.05, 0.1) is 14.0 Å². The Kier molecular flexibility index (Phi) is 3.97. The zero-order valence-corrected chi connectivity index (χ0v) is 11.4. The van der Waals surface area contributed by atoms with Gasteiger partial charge in [0.1, 0.15) is 0 Å². The van der Waals surface area contributed by atoms with Crippen LogP contribution in [0, 0.1) is 0 Å². The second-order valence-electron chi connectivity index (χ2n) is 3.08. The standard InChI is InChI=1S/C10H7Cl3S2/c11-8(3-6-1-2-14-5-6)7-4-9(12)15-10(7)13/h1-2,4-5,8H,3H2. The highest BCUT2D eigenvalue weighted by Crippen LogP contribution is 2.38. The maximum atomic E-state index is 6.28. The first-order chi connectivity index (χ1) is 7.16. The number of alkyl halides is 1. The fourth-order valence-corrected chi connectivity index (χ4v) is 4.02. The van der Waals surface area contributed by atoms with Crippen LogP contribution in [0.3, 0.4) is 0 Å². The predicted octanol–water partition coefficient (Wildman–Crippen LogP) is 5.64. The van der Waals surface area contributed by atoms with E-state index in [4.69, 9.17) is 34.8 Å². The molecule has 2 aromatic rings. The largest absolute Gasteiger partial charge is 0.152 e. The number of thiophene rings is 2. The van der Waals surface area contributed by atoms with Gasteiger partial charge in [-0.05, 0) is 34.9 Å². The smallest absolute Gasteiger partial charge is 0.0991 e. The van der Waals surface area contributed by atoms with E-state index in [1.807, 2.05) is 11.4 Å². The molecule has 0 nitrogen and oxygen atoms in total. The van der Waals surface area contributed by atoms with E-state index in [1.165, 1.54) is 16.9 Å². The van der Waals surface area contributed by atoms with Gasteiger partial charge in [0.2, 0.25) is 0 Å². The summed E-state index contributed by atoms with van der Waals surface area (Å²) >= 11 is 21.2. The number of rotatable bonds is 3. The first-order valence-electron chi connectivity index (χ1n) is 4.26. The molecule has 5 heteroatoms. The molecule has 80 valence electrons. The lowest BCUT2D eigenvalue weighted by Crippen LogP contribution is -1.93. The van der Waals surface area contributed by atoms with Crippen molar-refractivity contribution in [2.24, 2.45) is 0 Å². The van der Waals surface area contributed by atoms with Gasteiger partial charge >= 0.3 is 0 Å². The monoisotopic (exact) mass is 296 g/mol. The van der Waals surface area contributed by atoms with Crippen molar-refractivity contribution in [2.45, 2.75) is 11.8 Å². The van der Waals surface area contributed by atoms with Crippen LogP contribution in [0.5, 0.6) is 0 Å². The fourth-order valence-electron chi connectivity index (χ4n) is 1.29. The summed E-state index contributed by atoms with van der Waals surface area (Å²) in [5.74, 6) is 0. The van der Waals surface area contributed by atoms with Gasteiger partial charge in [-0.25, -0.2) is 0 Å². The van der Waals surface area contributed by atoms with Gasteiger partial charge < -0.3 is 0 Å². The minimum absolute atomic E-state index is 0.101. The highest BCUT2D eigenvalue weighted by atomic mass is 35.5. The summed E-state index contributed by atoms with van der Waals surface area (Å²) in [6.07, 6.45) is 0.790. The van der Waals surface area contributed by atoms with E-state index < -0.39 is 0 Å². The lowest BCUT2D eigenvalue weighted by atomic mass is 10.1. The number of hydrogen-bond donors (Lipinski definition) is 0. The first-order valence-corrected chi connectivity index (χ1v) is 7.22. The van der Waals surface area contributed by atoms with Crippen LogP contribution in [0.15, 0.2) is 22.9 Å². The van der Waals surface area contributed by atoms with Crippen LogP contribution >= 0.6 is 57.5 Å². The maximum absolute atomic E-state index is 6.28. The van der Waals surface area contributed by atoms with Gasteiger partial charge in [-0.3, -0.25) is 0 Å². The number of hydrogen-bond acceptors (Lipinski definition) is 2. The third kappa shape index (κ3) is 2.89. The minimum Gasteiger partial charge on any atom is -0.152 e. The van der Waals surface area contributed by atoms with Crippen molar-refractivity contribution < 1.29 is 0 Å². The zero-order valence-electron chi connectivity index (χ0n) is 7.54. The van der Waals surface area contributed by atoms with Crippen molar-refractivity contribution in [3.8, 4) is 0 Å². The Morgan fingerprint density at radius 1 is 1.33 bits per heavy atom. The molecule has 0 aliphatic heterocycles. The summed E-state index contributed by atoms with van der Waals surface area (Å²) in [6.45, 7) is 0. The molecule has 0 aliphatic carbocycles. The van der Waals surface area contributed by atoms with Crippen LogP contribution in [-0.2, 0) is 6.42 Å². The van der Waals surface area contributed by atoms with E-state index in [9.17, 15) is 0 Å². The average molecular weight is 298 g/mol. The second kappa shape index (κ2) is 5.07. The molecule has 0 bridgehead atoms. The Labute approximate surface area is 111 Å². The molecular formula is C10H7Cl3S2. The molecule has 15 heavy (non-hydrogen) atoms. The molecule has 0 saturated carbocycles. The second-order valence-corrected chi connectivity index (χ2v) is 6.68. The summed E-state index contributed by atoms with van der Waals surface area (Å²) in [5, 5.41) is 4.04. The molecule has 2 rings (SSSR count). The lowest BCUT2D eigenvalue weighted by molar-refractivity contribution is 0.930. The molecule has 0 saturated heterocycles. The van der Waals surface area contributed by atoms with E-state index in [0.717, 1.165) is 12.0 Å². The molecule has 1 atom stereocenters. The van der Waals surface area contributed by atoms with Crippen molar-refractivity contribution in [3.05, 3.63) is 42.7 Å². The van der Waals surface area contributed by atoms with Gasteiger partial charge in [-0.2, -0.15) is 11.3 Å². The molecule has 0 N–H and O–H groups in total. The third-order valence-electron chi connectivity index (χ3n) is 2.02. The van der Waals surface area contributed by atoms with Crippen LogP contribution in [0.2, 0.25) is 8.67 Å². The Hall–Kier alpha value is 0.270. The molecule has 0 aliphatic rings. The van der Waals surface area contributed by atoms with E-state index in [2.05, 4.69) is 11.4 Å². The van der Waals surface area contributed by atoms with Gasteiger partial charge in [-0.1, -0.05) is 23.2 Å². The summed E-state index contributed by atoms with van der Waals surface area (Å²) < 4.78 is 1.38. The molecule has 0 fully saturated rings. The average Bonchev–Trinajstić information content (AvgIpc) is 2.75. The summed E-state index contributed by atoms with van der Waals surface area (Å²) in [7, 11) is 0. The van der Waals surface area contributed by atoms with Gasteiger partial charge in [0, 0.05) is 5.56 Å². The summed E-state index contributed by atoms with van der Waals surface area (Å²) in [5.41, 5.74) is 2.16. The minimum atomic E-state index is -0.101. The normalized spacial score (nSPS) is 13.0. The zero-order chi connectivity index (χ0) is 10.8. The molecule has 2 aromatic heterocycles. The first kappa shape index (κ1) is 11.7. The van der Waals surface area contributed by atoms with Gasteiger partial charge in [0.25, 0.3) is 0 Å². The quantitative estimate of drug-likeness (QED) is 0.643. The van der Waals surface area contributed by atoms with E-state index in [1.54, 1.807) is 11.3 Å². The maximum Gasteiger partial charge on any atom is 0.0991 e. The van der Waals surface area contributed by atoms with Crippen LogP contribution in [0.25, 0.3) is 0 Å². The van der Waals surface area contributed by atoms with Crippen molar-refractivity contribution in [3.63, 3.8) is 0 Å². The highest BCUT2D eigenvalue weighted by Gasteiger charge is 2.15. The van der Waals surface area contributed by atoms with Crippen molar-refractivity contribution in [1.82, 2.24) is 0 Å². The summed E-state index contributed by atoms with van der Waals surface area (Å²) in [4.78, 5) is 0. The van der Waals surface area contributed by atoms with Crippen LogP contribution in [-0.4, -0.2) is 0 Å². The van der Waals surface area contributed by atoms with E-state index >= 15 is 0 Å². The molecule has 0 aromatic carbocycles. The fraction of sp³-hybridized carbons (Fsp3) is 0.200. The molecule has 0 radical (unpaired) electrons. The van der Waals surface area contributed by atoms with E-state index in [-0.39, 0.29) is 5.38 Å². The molecule has 0 spiro atoms. The summed E-state index contributed by atoms with van der Waals surface area (Å²) in [6, 6.07) is 3.92. The Morgan fingerprint density at radius 2 is 2.13 bits per heavy atom. The van der Waals surface area contributed by atoms with Crippen LogP contribution in [0.4, 0.5) is 0 Å². The van der Waals surface area contributed by atoms with Crippen molar-refractivity contribution >= 4 is 57.5 Å². The Balaban J connectivity index is 2.14. The Bertz CT molecular complexity index is 433. The van der Waals surface area contributed by atoms with E-state index in [0.29, 0.717) is 8.67 Å². The topological polar surface area (TPSA) is 0 Å². The van der Waals surface area contributed by atoms with Crippen molar-refractivity contribution in [2.75, 3.05) is 0 Å². The third-order valence-corrected chi connectivity index (χ3v) is 4.65. The highest BCUT2D eigenvalue weighted by molar-refractivity contribution is 7.20. The predicted molar refractivity (Wildman–Crippen MR) is 71.0 cm³/mol. The molecule has 0 amide bonds.